The minimum absolute atomic E-state index is 0.254. The van der Waals surface area contributed by atoms with Crippen LogP contribution in [0.1, 0.15) is 0 Å². The minimum Gasteiger partial charge on any atom is -0.396 e. The van der Waals surface area contributed by atoms with E-state index < -0.39 is 9.24 Å². The molecule has 0 bridgehead atoms. The number of hydrogen-bond donors (Lipinski definition) is 1. The maximum atomic E-state index is 10.5. The molecule has 0 aliphatic heterocycles. The fraction of sp³-hybridized carbons (Fsp3) is 0. The third kappa shape index (κ3) is 1.39. The molecule has 1 aromatic rings. The normalized spacial score (nSPS) is 11.7. The SMILES string of the molecule is Nc1cnn(S(=O)(=O)Cl)c1. The van der Waals surface area contributed by atoms with Crippen LogP contribution >= 0.6 is 10.7 Å². The summed E-state index contributed by atoms with van der Waals surface area (Å²) in [6.07, 6.45) is 2.31. The zero-order valence-electron chi connectivity index (χ0n) is 4.73. The van der Waals surface area contributed by atoms with Crippen LogP contribution in [0.5, 0.6) is 0 Å². The highest BCUT2D eigenvalue weighted by Gasteiger charge is 2.07. The average Bonchev–Trinajstić information content (AvgIpc) is 2.11. The van der Waals surface area contributed by atoms with Gasteiger partial charge in [0, 0.05) is 10.7 Å². The van der Waals surface area contributed by atoms with Crippen molar-refractivity contribution < 1.29 is 8.42 Å². The highest BCUT2D eigenvalue weighted by Crippen LogP contribution is 2.04. The second-order valence-corrected chi connectivity index (χ2v) is 3.96. The first-order chi connectivity index (χ1) is 4.50. The molecule has 0 saturated heterocycles. The fourth-order valence-corrected chi connectivity index (χ4v) is 1.07. The van der Waals surface area contributed by atoms with Gasteiger partial charge in [-0.25, -0.2) is 0 Å². The van der Waals surface area contributed by atoms with E-state index in [0.29, 0.717) is 4.09 Å². The molecule has 0 atom stereocenters. The molecule has 0 aromatic carbocycles. The summed E-state index contributed by atoms with van der Waals surface area (Å²) in [4.78, 5) is 0. The van der Waals surface area contributed by atoms with Crippen molar-refractivity contribution in [1.29, 1.82) is 0 Å². The van der Waals surface area contributed by atoms with Crippen LogP contribution in [-0.2, 0) is 9.24 Å². The highest BCUT2D eigenvalue weighted by molar-refractivity contribution is 8.12. The van der Waals surface area contributed by atoms with Gasteiger partial charge in [-0.1, -0.05) is 0 Å². The first-order valence-corrected chi connectivity index (χ1v) is 4.52. The molecule has 0 spiro atoms. The number of aromatic nitrogens is 2. The molecule has 0 amide bonds. The van der Waals surface area contributed by atoms with E-state index in [1.54, 1.807) is 0 Å². The van der Waals surface area contributed by atoms with E-state index in [2.05, 4.69) is 5.10 Å². The van der Waals surface area contributed by atoms with Gasteiger partial charge in [0.2, 0.25) is 0 Å². The van der Waals surface area contributed by atoms with Gasteiger partial charge in [-0.3, -0.25) is 0 Å². The number of nitrogens with zero attached hydrogens (tertiary/aromatic N) is 2. The minimum atomic E-state index is -3.78. The zero-order chi connectivity index (χ0) is 7.78. The first-order valence-electron chi connectivity index (χ1n) is 2.25. The van der Waals surface area contributed by atoms with E-state index in [1.807, 2.05) is 0 Å². The summed E-state index contributed by atoms with van der Waals surface area (Å²) in [5, 5.41) is 3.36. The predicted molar refractivity (Wildman–Crippen MR) is 36.8 cm³/mol. The van der Waals surface area contributed by atoms with Gasteiger partial charge in [0.25, 0.3) is 0 Å². The molecule has 2 N–H and O–H groups in total. The standard InChI is InChI=1S/C3H4ClN3O2S/c4-10(8,9)7-2-3(5)1-6-7/h1-2H,5H2. The summed E-state index contributed by atoms with van der Waals surface area (Å²) < 4.78 is 21.5. The Labute approximate surface area is 61.9 Å². The van der Waals surface area contributed by atoms with Gasteiger partial charge in [-0.2, -0.15) is 17.6 Å². The van der Waals surface area contributed by atoms with Crippen LogP contribution in [0.3, 0.4) is 0 Å². The van der Waals surface area contributed by atoms with Crippen LogP contribution < -0.4 is 5.73 Å². The van der Waals surface area contributed by atoms with Crippen molar-refractivity contribution in [3.05, 3.63) is 12.4 Å². The van der Waals surface area contributed by atoms with Gasteiger partial charge in [-0.05, 0) is 0 Å². The van der Waals surface area contributed by atoms with E-state index in [0.717, 1.165) is 6.20 Å². The fourth-order valence-electron chi connectivity index (χ4n) is 0.437. The molecule has 0 unspecified atom stereocenters. The van der Waals surface area contributed by atoms with E-state index >= 15 is 0 Å². The van der Waals surface area contributed by atoms with Crippen LogP contribution in [0.15, 0.2) is 12.4 Å². The Bertz CT molecular complexity index is 329. The Hall–Kier alpha value is -0.750. The lowest BCUT2D eigenvalue weighted by Gasteiger charge is -1.89. The summed E-state index contributed by atoms with van der Waals surface area (Å²) in [6.45, 7) is 0. The van der Waals surface area contributed by atoms with Crippen molar-refractivity contribution >= 4 is 25.6 Å². The molecule has 0 saturated carbocycles. The maximum Gasteiger partial charge on any atom is 0.340 e. The lowest BCUT2D eigenvalue weighted by molar-refractivity contribution is 0.595. The van der Waals surface area contributed by atoms with Crippen LogP contribution in [0.4, 0.5) is 5.69 Å². The van der Waals surface area contributed by atoms with Crippen molar-refractivity contribution in [1.82, 2.24) is 9.19 Å². The quantitative estimate of drug-likeness (QED) is 0.609. The second-order valence-electron chi connectivity index (χ2n) is 1.59. The summed E-state index contributed by atoms with van der Waals surface area (Å²) in [6, 6.07) is 0. The van der Waals surface area contributed by atoms with Crippen LogP contribution in [0, 0.1) is 0 Å². The Balaban J connectivity index is 3.21. The lowest BCUT2D eigenvalue weighted by Crippen LogP contribution is -2.04. The predicted octanol–water partition coefficient (Wildman–Crippen LogP) is -0.203. The Morgan fingerprint density at radius 1 is 1.70 bits per heavy atom. The molecule has 0 aliphatic carbocycles. The van der Waals surface area contributed by atoms with E-state index in [1.165, 1.54) is 6.20 Å². The molecule has 0 radical (unpaired) electrons. The van der Waals surface area contributed by atoms with Gasteiger partial charge < -0.3 is 5.73 Å². The van der Waals surface area contributed by atoms with Gasteiger partial charge in [0.05, 0.1) is 18.1 Å². The number of rotatable bonds is 1. The van der Waals surface area contributed by atoms with Crippen LogP contribution in [0.2, 0.25) is 0 Å². The van der Waals surface area contributed by atoms with Crippen molar-refractivity contribution in [2.24, 2.45) is 0 Å². The number of nitrogen functional groups attached to an aromatic ring is 1. The van der Waals surface area contributed by atoms with E-state index in [-0.39, 0.29) is 5.69 Å². The van der Waals surface area contributed by atoms with E-state index in [4.69, 9.17) is 16.4 Å². The molecule has 56 valence electrons. The first kappa shape index (κ1) is 7.36. The van der Waals surface area contributed by atoms with Crippen LogP contribution in [0.25, 0.3) is 0 Å². The van der Waals surface area contributed by atoms with Gasteiger partial charge in [0.1, 0.15) is 0 Å². The van der Waals surface area contributed by atoms with Crippen molar-refractivity contribution in [3.8, 4) is 0 Å². The summed E-state index contributed by atoms with van der Waals surface area (Å²) in [5.74, 6) is 0. The Kier molecular flexibility index (Phi) is 1.57. The van der Waals surface area contributed by atoms with Gasteiger partial charge >= 0.3 is 9.24 Å². The van der Waals surface area contributed by atoms with Crippen LogP contribution in [-0.4, -0.2) is 17.6 Å². The molecule has 10 heavy (non-hydrogen) atoms. The second kappa shape index (κ2) is 2.14. The molecule has 1 heterocycles. The molecule has 7 heteroatoms. The molecule has 0 fully saturated rings. The summed E-state index contributed by atoms with van der Waals surface area (Å²) in [5.41, 5.74) is 5.42. The summed E-state index contributed by atoms with van der Waals surface area (Å²) >= 11 is 0. The Morgan fingerprint density at radius 3 is 2.50 bits per heavy atom. The molecular weight excluding hydrogens is 178 g/mol. The van der Waals surface area contributed by atoms with E-state index in [9.17, 15) is 8.42 Å². The highest BCUT2D eigenvalue weighted by atomic mass is 35.7. The number of nitrogens with two attached hydrogens (primary N) is 1. The number of hydrogen-bond acceptors (Lipinski definition) is 4. The molecule has 1 rings (SSSR count). The molecular formula is C3H4ClN3O2S. The third-order valence-corrected chi connectivity index (χ3v) is 1.87. The average molecular weight is 182 g/mol. The molecule has 1 aromatic heterocycles. The summed E-state index contributed by atoms with van der Waals surface area (Å²) in [7, 11) is 1.10. The number of anilines is 1. The Morgan fingerprint density at radius 2 is 2.30 bits per heavy atom. The smallest absolute Gasteiger partial charge is 0.340 e. The third-order valence-electron chi connectivity index (χ3n) is 0.804. The van der Waals surface area contributed by atoms with Gasteiger partial charge in [0.15, 0.2) is 0 Å². The van der Waals surface area contributed by atoms with Gasteiger partial charge in [-0.15, -0.1) is 0 Å². The maximum absolute atomic E-state index is 10.5. The zero-order valence-corrected chi connectivity index (χ0v) is 6.30. The largest absolute Gasteiger partial charge is 0.396 e. The topological polar surface area (TPSA) is 78.0 Å². The van der Waals surface area contributed by atoms with Crippen molar-refractivity contribution in [3.63, 3.8) is 0 Å². The van der Waals surface area contributed by atoms with Crippen molar-refractivity contribution in [2.45, 2.75) is 0 Å². The molecule has 0 aliphatic rings. The molecule has 5 nitrogen and oxygen atoms in total. The van der Waals surface area contributed by atoms with Crippen molar-refractivity contribution in [2.75, 3.05) is 5.73 Å². The lowest BCUT2D eigenvalue weighted by atomic mass is 10.6. The monoisotopic (exact) mass is 181 g/mol. The number of halogens is 1.